The van der Waals surface area contributed by atoms with Crippen LogP contribution in [0.4, 0.5) is 0 Å². The molecule has 1 rings (SSSR count). The van der Waals surface area contributed by atoms with Gasteiger partial charge in [0.2, 0.25) is 0 Å². The molecule has 0 aromatic carbocycles. The van der Waals surface area contributed by atoms with Crippen LogP contribution < -0.4 is 5.32 Å². The summed E-state index contributed by atoms with van der Waals surface area (Å²) in [5.74, 6) is 0.527. The van der Waals surface area contributed by atoms with Gasteiger partial charge in [-0.05, 0) is 19.5 Å². The van der Waals surface area contributed by atoms with Crippen LogP contribution in [0.25, 0.3) is 0 Å². The van der Waals surface area contributed by atoms with Crippen LogP contribution in [0.3, 0.4) is 0 Å². The maximum absolute atomic E-state index is 3.91. The molecule has 4 heteroatoms. The Morgan fingerprint density at radius 3 is 2.92 bits per heavy atom. The van der Waals surface area contributed by atoms with E-state index in [9.17, 15) is 0 Å². The molecule has 1 aromatic heterocycles. The maximum atomic E-state index is 3.91. The number of aromatic nitrogens is 3. The van der Waals surface area contributed by atoms with Crippen molar-refractivity contribution in [3.05, 3.63) is 11.9 Å². The Morgan fingerprint density at radius 2 is 2.38 bits per heavy atom. The predicted molar refractivity (Wildman–Crippen MR) is 52.6 cm³/mol. The second-order valence-corrected chi connectivity index (χ2v) is 3.33. The van der Waals surface area contributed by atoms with Gasteiger partial charge in [0.25, 0.3) is 0 Å². The van der Waals surface area contributed by atoms with Crippen molar-refractivity contribution in [1.82, 2.24) is 20.3 Å². The molecule has 1 heterocycles. The molecule has 1 atom stereocenters. The molecule has 0 fully saturated rings. The van der Waals surface area contributed by atoms with Gasteiger partial charge < -0.3 is 5.32 Å². The van der Waals surface area contributed by atoms with Crippen LogP contribution in [0, 0.1) is 0 Å². The van der Waals surface area contributed by atoms with Gasteiger partial charge in [-0.2, -0.15) is 0 Å². The van der Waals surface area contributed by atoms with Crippen LogP contribution >= 0.6 is 0 Å². The fraction of sp³-hybridized carbons (Fsp3) is 0.778. The summed E-state index contributed by atoms with van der Waals surface area (Å²) in [4.78, 5) is 0. The Bertz CT molecular complexity index is 244. The highest BCUT2D eigenvalue weighted by atomic mass is 15.4. The average Bonchev–Trinajstić information content (AvgIpc) is 2.52. The Kier molecular flexibility index (Phi) is 3.89. The Morgan fingerprint density at radius 1 is 1.62 bits per heavy atom. The summed E-state index contributed by atoms with van der Waals surface area (Å²) in [6.07, 6.45) is 2.98. The Hall–Kier alpha value is -0.900. The van der Waals surface area contributed by atoms with Crippen molar-refractivity contribution in [2.24, 2.45) is 7.05 Å². The topological polar surface area (TPSA) is 42.7 Å². The summed E-state index contributed by atoms with van der Waals surface area (Å²) in [5.41, 5.74) is 1.21. The summed E-state index contributed by atoms with van der Waals surface area (Å²) in [6.45, 7) is 6.42. The van der Waals surface area contributed by atoms with Gasteiger partial charge >= 0.3 is 0 Å². The van der Waals surface area contributed by atoms with E-state index in [2.05, 4.69) is 29.5 Å². The molecule has 0 aliphatic carbocycles. The largest absolute Gasteiger partial charge is 0.317 e. The molecule has 0 radical (unpaired) electrons. The van der Waals surface area contributed by atoms with Crippen molar-refractivity contribution in [3.8, 4) is 0 Å². The molecule has 74 valence electrons. The van der Waals surface area contributed by atoms with Gasteiger partial charge in [0.1, 0.15) is 0 Å². The summed E-state index contributed by atoms with van der Waals surface area (Å²) >= 11 is 0. The molecule has 13 heavy (non-hydrogen) atoms. The fourth-order valence-corrected chi connectivity index (χ4v) is 1.39. The first-order valence-electron chi connectivity index (χ1n) is 4.81. The van der Waals surface area contributed by atoms with Crippen molar-refractivity contribution >= 4 is 0 Å². The minimum atomic E-state index is 0.527. The number of hydrogen-bond acceptors (Lipinski definition) is 3. The molecule has 4 nitrogen and oxygen atoms in total. The zero-order valence-corrected chi connectivity index (χ0v) is 8.62. The highest BCUT2D eigenvalue weighted by Crippen LogP contribution is 2.15. The van der Waals surface area contributed by atoms with Gasteiger partial charge in [0.05, 0.1) is 11.9 Å². The lowest BCUT2D eigenvalue weighted by Crippen LogP contribution is -2.16. The molecule has 1 aromatic rings. The average molecular weight is 182 g/mol. The predicted octanol–water partition coefficient (Wildman–Crippen LogP) is 0.918. The van der Waals surface area contributed by atoms with Crippen molar-refractivity contribution in [3.63, 3.8) is 0 Å². The number of hydrogen-bond donors (Lipinski definition) is 1. The first kappa shape index (κ1) is 10.2. The first-order chi connectivity index (χ1) is 6.25. The van der Waals surface area contributed by atoms with Crippen molar-refractivity contribution in [2.75, 3.05) is 13.1 Å². The van der Waals surface area contributed by atoms with E-state index in [0.29, 0.717) is 5.92 Å². The van der Waals surface area contributed by atoms with E-state index >= 15 is 0 Å². The second-order valence-electron chi connectivity index (χ2n) is 3.33. The number of rotatable bonds is 5. The van der Waals surface area contributed by atoms with Crippen molar-refractivity contribution < 1.29 is 0 Å². The smallest absolute Gasteiger partial charge is 0.0727 e. The molecular weight excluding hydrogens is 164 g/mol. The van der Waals surface area contributed by atoms with E-state index < -0.39 is 0 Å². The normalized spacial score (nSPS) is 13.2. The summed E-state index contributed by atoms with van der Waals surface area (Å²) in [6, 6.07) is 0. The van der Waals surface area contributed by atoms with Gasteiger partial charge in [-0.1, -0.05) is 19.1 Å². The monoisotopic (exact) mass is 182 g/mol. The molecule has 0 saturated carbocycles. The Labute approximate surface area is 79.3 Å². The van der Waals surface area contributed by atoms with Gasteiger partial charge in [0.15, 0.2) is 0 Å². The van der Waals surface area contributed by atoms with E-state index in [0.717, 1.165) is 19.5 Å². The zero-order valence-electron chi connectivity index (χ0n) is 8.62. The van der Waals surface area contributed by atoms with Crippen LogP contribution in [0.1, 0.15) is 31.9 Å². The molecule has 0 aliphatic rings. The van der Waals surface area contributed by atoms with E-state index in [1.807, 2.05) is 17.9 Å². The molecule has 0 aliphatic heterocycles. The minimum Gasteiger partial charge on any atom is -0.317 e. The number of nitrogens with one attached hydrogen (secondary N) is 1. The minimum absolute atomic E-state index is 0.527. The third kappa shape index (κ3) is 2.81. The van der Waals surface area contributed by atoms with Crippen LogP contribution in [0.15, 0.2) is 6.20 Å². The molecule has 0 amide bonds. The zero-order chi connectivity index (χ0) is 9.68. The summed E-state index contributed by atoms with van der Waals surface area (Å²) in [7, 11) is 1.94. The highest BCUT2D eigenvalue weighted by molar-refractivity contribution is 5.00. The molecular formula is C9H18N4. The van der Waals surface area contributed by atoms with Crippen LogP contribution in [0.2, 0.25) is 0 Å². The highest BCUT2D eigenvalue weighted by Gasteiger charge is 2.09. The van der Waals surface area contributed by atoms with Gasteiger partial charge in [-0.3, -0.25) is 4.68 Å². The van der Waals surface area contributed by atoms with E-state index in [-0.39, 0.29) is 0 Å². The number of nitrogens with zero attached hydrogens (tertiary/aromatic N) is 3. The lowest BCUT2D eigenvalue weighted by Gasteiger charge is -2.10. The third-order valence-corrected chi connectivity index (χ3v) is 2.26. The first-order valence-corrected chi connectivity index (χ1v) is 4.81. The van der Waals surface area contributed by atoms with Crippen LogP contribution in [-0.2, 0) is 7.05 Å². The van der Waals surface area contributed by atoms with Gasteiger partial charge in [-0.25, -0.2) is 0 Å². The maximum Gasteiger partial charge on any atom is 0.0727 e. The fourth-order valence-electron chi connectivity index (χ4n) is 1.39. The quantitative estimate of drug-likeness (QED) is 0.688. The molecule has 0 bridgehead atoms. The van der Waals surface area contributed by atoms with E-state index in [4.69, 9.17) is 0 Å². The van der Waals surface area contributed by atoms with Crippen LogP contribution in [-0.4, -0.2) is 28.1 Å². The Balaban J connectivity index is 2.39. The van der Waals surface area contributed by atoms with Gasteiger partial charge in [0, 0.05) is 13.0 Å². The molecule has 1 N–H and O–H groups in total. The lowest BCUT2D eigenvalue weighted by atomic mass is 10.0. The molecule has 0 saturated heterocycles. The number of aryl methyl sites for hydroxylation is 1. The van der Waals surface area contributed by atoms with E-state index in [1.165, 1.54) is 5.69 Å². The SMILES string of the molecule is CCNCCC(C)c1cnnn1C. The summed E-state index contributed by atoms with van der Waals surface area (Å²) in [5, 5.41) is 11.1. The lowest BCUT2D eigenvalue weighted by molar-refractivity contribution is 0.564. The van der Waals surface area contributed by atoms with Crippen molar-refractivity contribution in [2.45, 2.75) is 26.2 Å². The summed E-state index contributed by atoms with van der Waals surface area (Å²) < 4.78 is 1.84. The van der Waals surface area contributed by atoms with Gasteiger partial charge in [-0.15, -0.1) is 5.10 Å². The third-order valence-electron chi connectivity index (χ3n) is 2.26. The second kappa shape index (κ2) is 4.97. The standard InChI is InChI=1S/C9H18N4/c1-4-10-6-5-8(2)9-7-11-12-13(9)3/h7-8,10H,4-6H2,1-3H3. The molecule has 0 spiro atoms. The van der Waals surface area contributed by atoms with E-state index in [1.54, 1.807) is 0 Å². The van der Waals surface area contributed by atoms with Crippen LogP contribution in [0.5, 0.6) is 0 Å². The molecule has 1 unspecified atom stereocenters. The van der Waals surface area contributed by atoms with Crippen molar-refractivity contribution in [1.29, 1.82) is 0 Å².